The summed E-state index contributed by atoms with van der Waals surface area (Å²) in [6.07, 6.45) is -2.40. The molecule has 1 atom stereocenters. The van der Waals surface area contributed by atoms with Crippen LogP contribution in [0.3, 0.4) is 0 Å². The van der Waals surface area contributed by atoms with Gasteiger partial charge in [-0.15, -0.1) is 0 Å². The molecule has 1 N–H and O–H groups in total. The number of halogens is 4. The first-order chi connectivity index (χ1) is 11.2. The smallest absolute Gasteiger partial charge is 0.355 e. The lowest BCUT2D eigenvalue weighted by atomic mass is 9.97. The molecule has 1 aromatic rings. The van der Waals surface area contributed by atoms with Crippen molar-refractivity contribution in [2.75, 3.05) is 24.5 Å². The van der Waals surface area contributed by atoms with Crippen LogP contribution in [0.5, 0.6) is 0 Å². The van der Waals surface area contributed by atoms with Gasteiger partial charge in [0.1, 0.15) is 18.6 Å². The summed E-state index contributed by atoms with van der Waals surface area (Å²) >= 11 is 6.00. The highest BCUT2D eigenvalue weighted by atomic mass is 35.5. The SMILES string of the molecule is O=C(NCC(F)(F)F)C1CCCN(c2ncc([N+](=O)[O-])cc2Cl)C1. The molecule has 7 nitrogen and oxygen atoms in total. The van der Waals surface area contributed by atoms with Crippen LogP contribution >= 0.6 is 11.6 Å². The average Bonchev–Trinajstić information content (AvgIpc) is 2.51. The first kappa shape index (κ1) is 18.2. The third-order valence-electron chi connectivity index (χ3n) is 3.57. The second kappa shape index (κ2) is 7.20. The number of hydrogen-bond acceptors (Lipinski definition) is 5. The summed E-state index contributed by atoms with van der Waals surface area (Å²) in [6, 6.07) is 1.15. The molecule has 1 amide bonds. The van der Waals surface area contributed by atoms with Gasteiger partial charge in [0.05, 0.1) is 15.9 Å². The van der Waals surface area contributed by atoms with E-state index in [9.17, 15) is 28.1 Å². The Labute approximate surface area is 139 Å². The zero-order valence-corrected chi connectivity index (χ0v) is 13.1. The van der Waals surface area contributed by atoms with Crippen molar-refractivity contribution in [1.82, 2.24) is 10.3 Å². The van der Waals surface area contributed by atoms with Crippen molar-refractivity contribution in [1.29, 1.82) is 0 Å². The third-order valence-corrected chi connectivity index (χ3v) is 3.85. The summed E-state index contributed by atoms with van der Waals surface area (Å²) < 4.78 is 36.5. The number of amides is 1. The van der Waals surface area contributed by atoms with Crippen molar-refractivity contribution in [3.05, 3.63) is 27.4 Å². The van der Waals surface area contributed by atoms with Crippen molar-refractivity contribution in [3.63, 3.8) is 0 Å². The van der Waals surface area contributed by atoms with Gasteiger partial charge in [0.2, 0.25) is 5.91 Å². The fourth-order valence-corrected chi connectivity index (χ4v) is 2.75. The minimum absolute atomic E-state index is 0.0561. The molecule has 24 heavy (non-hydrogen) atoms. The Bertz CT molecular complexity index is 641. The number of carbonyl (C=O) groups is 1. The van der Waals surface area contributed by atoms with Crippen LogP contribution < -0.4 is 10.2 Å². The molecule has 11 heteroatoms. The average molecular weight is 367 g/mol. The minimum atomic E-state index is -4.47. The Balaban J connectivity index is 2.05. The standard InChI is InChI=1S/C13H14ClF3N4O3/c14-10-4-9(21(23)24)5-18-11(10)20-3-1-2-8(6-20)12(22)19-7-13(15,16)17/h4-5,8H,1-3,6-7H2,(H,19,22). The number of nitro groups is 1. The van der Waals surface area contributed by atoms with Crippen LogP contribution in [0, 0.1) is 16.0 Å². The van der Waals surface area contributed by atoms with Crippen molar-refractivity contribution < 1.29 is 22.9 Å². The van der Waals surface area contributed by atoms with Crippen LogP contribution in [0.4, 0.5) is 24.7 Å². The van der Waals surface area contributed by atoms with Gasteiger partial charge in [0.15, 0.2) is 0 Å². The van der Waals surface area contributed by atoms with Crippen molar-refractivity contribution in [2.24, 2.45) is 5.92 Å². The van der Waals surface area contributed by atoms with E-state index in [1.54, 1.807) is 4.90 Å². The largest absolute Gasteiger partial charge is 0.405 e. The molecule has 1 aliphatic heterocycles. The normalized spacial score (nSPS) is 18.3. The van der Waals surface area contributed by atoms with E-state index >= 15 is 0 Å². The van der Waals surface area contributed by atoms with E-state index < -0.39 is 29.5 Å². The van der Waals surface area contributed by atoms with Gasteiger partial charge in [-0.3, -0.25) is 14.9 Å². The lowest BCUT2D eigenvalue weighted by molar-refractivity contribution is -0.385. The predicted octanol–water partition coefficient (Wildman–Crippen LogP) is 2.54. The van der Waals surface area contributed by atoms with E-state index in [0.29, 0.717) is 19.4 Å². The zero-order valence-electron chi connectivity index (χ0n) is 12.3. The van der Waals surface area contributed by atoms with Gasteiger partial charge in [-0.2, -0.15) is 13.2 Å². The van der Waals surface area contributed by atoms with Crippen LogP contribution in [0.15, 0.2) is 12.3 Å². The molecule has 0 aromatic carbocycles. The fraction of sp³-hybridized carbons (Fsp3) is 0.538. The monoisotopic (exact) mass is 366 g/mol. The number of nitrogens with one attached hydrogen (secondary N) is 1. The molecule has 1 saturated heterocycles. The van der Waals surface area contributed by atoms with Gasteiger partial charge in [-0.1, -0.05) is 11.6 Å². The molecule has 0 saturated carbocycles. The molecular weight excluding hydrogens is 353 g/mol. The molecule has 1 unspecified atom stereocenters. The fourth-order valence-electron chi connectivity index (χ4n) is 2.47. The van der Waals surface area contributed by atoms with E-state index in [1.807, 2.05) is 5.32 Å². The van der Waals surface area contributed by atoms with Gasteiger partial charge >= 0.3 is 6.18 Å². The topological polar surface area (TPSA) is 88.4 Å². The van der Waals surface area contributed by atoms with E-state index in [1.165, 1.54) is 0 Å². The number of piperidine rings is 1. The summed E-state index contributed by atoms with van der Waals surface area (Å²) in [6.45, 7) is -0.722. The van der Waals surface area contributed by atoms with Gasteiger partial charge in [-0.25, -0.2) is 4.98 Å². The summed E-state index contributed by atoms with van der Waals surface area (Å²) in [5.41, 5.74) is -0.264. The van der Waals surface area contributed by atoms with Crippen molar-refractivity contribution in [3.8, 4) is 0 Å². The van der Waals surface area contributed by atoms with E-state index in [2.05, 4.69) is 4.98 Å². The Morgan fingerprint density at radius 2 is 2.25 bits per heavy atom. The third kappa shape index (κ3) is 4.70. The highest BCUT2D eigenvalue weighted by molar-refractivity contribution is 6.33. The second-order valence-corrected chi connectivity index (χ2v) is 5.78. The van der Waals surface area contributed by atoms with E-state index in [4.69, 9.17) is 11.6 Å². The van der Waals surface area contributed by atoms with Crippen LogP contribution in [-0.2, 0) is 4.79 Å². The lowest BCUT2D eigenvalue weighted by Gasteiger charge is -2.33. The Morgan fingerprint density at radius 1 is 1.54 bits per heavy atom. The molecule has 0 spiro atoms. The Hall–Kier alpha value is -2.10. The van der Waals surface area contributed by atoms with Gasteiger partial charge in [0.25, 0.3) is 5.69 Å². The van der Waals surface area contributed by atoms with Gasteiger partial charge in [0, 0.05) is 19.2 Å². The maximum atomic E-state index is 12.2. The molecule has 132 valence electrons. The molecule has 0 radical (unpaired) electrons. The zero-order chi connectivity index (χ0) is 17.9. The van der Waals surface area contributed by atoms with Gasteiger partial charge < -0.3 is 10.2 Å². The number of aromatic nitrogens is 1. The minimum Gasteiger partial charge on any atom is -0.355 e. The maximum Gasteiger partial charge on any atom is 0.405 e. The van der Waals surface area contributed by atoms with Crippen LogP contribution in [0.25, 0.3) is 0 Å². The maximum absolute atomic E-state index is 12.2. The molecule has 2 heterocycles. The van der Waals surface area contributed by atoms with Gasteiger partial charge in [-0.05, 0) is 12.8 Å². The number of nitrogens with zero attached hydrogens (tertiary/aromatic N) is 3. The molecule has 0 bridgehead atoms. The first-order valence-electron chi connectivity index (χ1n) is 7.06. The number of hydrogen-bond donors (Lipinski definition) is 1. The van der Waals surface area contributed by atoms with Crippen LogP contribution in [0.2, 0.25) is 5.02 Å². The number of rotatable bonds is 4. The molecule has 1 fully saturated rings. The molecule has 0 aliphatic carbocycles. The molecular formula is C13H14ClF3N4O3. The van der Waals surface area contributed by atoms with E-state index in [0.717, 1.165) is 12.3 Å². The lowest BCUT2D eigenvalue weighted by Crippen LogP contribution is -2.45. The summed E-state index contributed by atoms with van der Waals surface area (Å²) in [5.74, 6) is -1.04. The molecule has 2 rings (SSSR count). The molecule has 1 aromatic heterocycles. The van der Waals surface area contributed by atoms with Crippen LogP contribution in [0.1, 0.15) is 12.8 Å². The molecule has 1 aliphatic rings. The quantitative estimate of drug-likeness (QED) is 0.653. The highest BCUT2D eigenvalue weighted by Gasteiger charge is 2.32. The number of alkyl halides is 3. The summed E-state index contributed by atoms with van der Waals surface area (Å²) in [5, 5.41) is 12.6. The van der Waals surface area contributed by atoms with Crippen molar-refractivity contribution >= 4 is 29.0 Å². The van der Waals surface area contributed by atoms with E-state index in [-0.39, 0.29) is 23.1 Å². The number of anilines is 1. The predicted molar refractivity (Wildman–Crippen MR) is 79.9 cm³/mol. The number of carbonyl (C=O) groups excluding carboxylic acids is 1. The second-order valence-electron chi connectivity index (χ2n) is 5.37. The Morgan fingerprint density at radius 3 is 2.83 bits per heavy atom. The summed E-state index contributed by atoms with van der Waals surface area (Å²) in [7, 11) is 0. The number of pyridine rings is 1. The van der Waals surface area contributed by atoms with Crippen LogP contribution in [-0.4, -0.2) is 41.6 Å². The van der Waals surface area contributed by atoms with Crippen molar-refractivity contribution in [2.45, 2.75) is 19.0 Å². The highest BCUT2D eigenvalue weighted by Crippen LogP contribution is 2.30. The first-order valence-corrected chi connectivity index (χ1v) is 7.44. The summed E-state index contributed by atoms with van der Waals surface area (Å²) in [4.78, 5) is 27.5. The Kier molecular flexibility index (Phi) is 5.47.